The molecule has 2 amide bonds. The fourth-order valence-corrected chi connectivity index (χ4v) is 6.29. The number of hydrogen-bond donors (Lipinski definition) is 1. The van der Waals surface area contributed by atoms with Gasteiger partial charge in [0.25, 0.3) is 0 Å². The molecule has 1 aromatic carbocycles. The van der Waals surface area contributed by atoms with Gasteiger partial charge in [0.2, 0.25) is 21.8 Å². The average molecular weight is 440 g/mol. The Labute approximate surface area is 177 Å². The first kappa shape index (κ1) is 22.1. The largest absolute Gasteiger partial charge is 0.353 e. The van der Waals surface area contributed by atoms with E-state index in [4.69, 9.17) is 0 Å². The van der Waals surface area contributed by atoms with E-state index < -0.39 is 10.0 Å². The van der Waals surface area contributed by atoms with Gasteiger partial charge in [-0.25, -0.2) is 12.7 Å². The number of fused-ring (bicyclic) bond motifs is 1. The van der Waals surface area contributed by atoms with Gasteiger partial charge in [0.05, 0.1) is 11.4 Å². The number of sulfonamides is 1. The summed E-state index contributed by atoms with van der Waals surface area (Å²) in [5.74, 6) is 0.847. The van der Waals surface area contributed by atoms with E-state index in [0.717, 1.165) is 16.3 Å². The summed E-state index contributed by atoms with van der Waals surface area (Å²) in [5, 5.41) is 2.97. The molecule has 2 aliphatic rings. The molecule has 0 unspecified atom stereocenters. The van der Waals surface area contributed by atoms with Crippen LogP contribution >= 0.6 is 11.8 Å². The van der Waals surface area contributed by atoms with Crippen LogP contribution < -0.4 is 10.2 Å². The van der Waals surface area contributed by atoms with Crippen LogP contribution in [0, 0.1) is 0 Å². The van der Waals surface area contributed by atoms with E-state index in [1.165, 1.54) is 4.31 Å². The minimum absolute atomic E-state index is 0.0298. The van der Waals surface area contributed by atoms with Gasteiger partial charge in [-0.1, -0.05) is 19.1 Å². The Hall–Kier alpha value is -1.58. The summed E-state index contributed by atoms with van der Waals surface area (Å²) in [6.45, 7) is 3.39. The van der Waals surface area contributed by atoms with Crippen LogP contribution in [-0.4, -0.2) is 61.7 Å². The van der Waals surface area contributed by atoms with Crippen LogP contribution in [0.25, 0.3) is 0 Å². The third-order valence-electron chi connectivity index (χ3n) is 5.27. The van der Waals surface area contributed by atoms with Gasteiger partial charge in [-0.3, -0.25) is 9.59 Å². The van der Waals surface area contributed by atoms with Crippen molar-refractivity contribution >= 4 is 39.3 Å². The summed E-state index contributed by atoms with van der Waals surface area (Å²) < 4.78 is 25.8. The number of nitrogens with one attached hydrogen (secondary N) is 1. The van der Waals surface area contributed by atoms with Crippen molar-refractivity contribution in [1.29, 1.82) is 0 Å². The van der Waals surface area contributed by atoms with Gasteiger partial charge in [0.15, 0.2) is 0 Å². The van der Waals surface area contributed by atoms with E-state index in [1.54, 1.807) is 16.7 Å². The summed E-state index contributed by atoms with van der Waals surface area (Å²) in [7, 11) is -3.17. The maximum absolute atomic E-state index is 12.6. The van der Waals surface area contributed by atoms with Crippen LogP contribution in [0.4, 0.5) is 5.69 Å². The highest BCUT2D eigenvalue weighted by molar-refractivity contribution is 7.99. The maximum atomic E-state index is 12.6. The summed E-state index contributed by atoms with van der Waals surface area (Å²) in [6, 6.07) is 7.81. The number of benzene rings is 1. The summed E-state index contributed by atoms with van der Waals surface area (Å²) in [4.78, 5) is 27.8. The molecule has 1 N–H and O–H groups in total. The predicted octanol–water partition coefficient (Wildman–Crippen LogP) is 2.23. The molecule has 0 aromatic heterocycles. The normalized spacial score (nSPS) is 18.3. The first-order chi connectivity index (χ1) is 13.9. The highest BCUT2D eigenvalue weighted by Gasteiger charge is 2.28. The van der Waals surface area contributed by atoms with Crippen LogP contribution in [0.2, 0.25) is 0 Å². The summed E-state index contributed by atoms with van der Waals surface area (Å²) >= 11 is 1.74. The van der Waals surface area contributed by atoms with Crippen molar-refractivity contribution in [3.63, 3.8) is 0 Å². The van der Waals surface area contributed by atoms with Crippen molar-refractivity contribution in [2.24, 2.45) is 0 Å². The van der Waals surface area contributed by atoms with Gasteiger partial charge in [-0.15, -0.1) is 11.8 Å². The highest BCUT2D eigenvalue weighted by Crippen LogP contribution is 2.34. The fourth-order valence-electron chi connectivity index (χ4n) is 3.75. The molecule has 0 atom stereocenters. The molecule has 2 heterocycles. The van der Waals surface area contributed by atoms with Gasteiger partial charge in [0.1, 0.15) is 0 Å². The standard InChI is InChI=1S/C20H29N3O4S2/c1-2-15-29(26,27)22-11-9-16(10-12-22)21-19(24)7-8-20(25)23-13-14-28-18-6-4-3-5-17(18)23/h3-6,16H,2,7-15H2,1H3,(H,21,24). The number of carbonyl (C=O) groups excluding carboxylic acids is 2. The Kier molecular flexibility index (Phi) is 7.59. The first-order valence-corrected chi connectivity index (χ1v) is 12.8. The lowest BCUT2D eigenvalue weighted by Crippen LogP contribution is -2.47. The number of piperidine rings is 1. The van der Waals surface area contributed by atoms with Crippen molar-refractivity contribution in [3.8, 4) is 0 Å². The molecule has 1 aromatic rings. The molecule has 3 rings (SSSR count). The number of hydrogen-bond acceptors (Lipinski definition) is 5. The number of anilines is 1. The monoisotopic (exact) mass is 439 g/mol. The zero-order chi connectivity index (χ0) is 20.9. The molecule has 29 heavy (non-hydrogen) atoms. The van der Waals surface area contributed by atoms with Gasteiger partial charge in [0, 0.05) is 49.2 Å². The Morgan fingerprint density at radius 2 is 1.86 bits per heavy atom. The van der Waals surface area contributed by atoms with Gasteiger partial charge < -0.3 is 10.2 Å². The molecule has 1 saturated heterocycles. The Balaban J connectivity index is 1.44. The molecule has 160 valence electrons. The summed E-state index contributed by atoms with van der Waals surface area (Å²) in [6.07, 6.45) is 2.15. The third kappa shape index (κ3) is 5.73. The van der Waals surface area contributed by atoms with Gasteiger partial charge in [-0.2, -0.15) is 0 Å². The van der Waals surface area contributed by atoms with Crippen LogP contribution in [0.3, 0.4) is 0 Å². The number of nitrogens with zero attached hydrogens (tertiary/aromatic N) is 2. The van der Waals surface area contributed by atoms with E-state index in [2.05, 4.69) is 5.32 Å². The first-order valence-electron chi connectivity index (χ1n) is 10.2. The van der Waals surface area contributed by atoms with Crippen LogP contribution in [0.15, 0.2) is 29.2 Å². The molecule has 0 bridgehead atoms. The smallest absolute Gasteiger partial charge is 0.227 e. The molecule has 2 aliphatic heterocycles. The molecule has 0 saturated carbocycles. The van der Waals surface area contributed by atoms with Crippen molar-refractivity contribution < 1.29 is 18.0 Å². The van der Waals surface area contributed by atoms with Crippen molar-refractivity contribution in [2.45, 2.75) is 50.0 Å². The average Bonchev–Trinajstić information content (AvgIpc) is 2.72. The third-order valence-corrected chi connectivity index (χ3v) is 8.39. The molecule has 0 radical (unpaired) electrons. The number of para-hydroxylation sites is 1. The topological polar surface area (TPSA) is 86.8 Å². The van der Waals surface area contributed by atoms with Crippen LogP contribution in [0.1, 0.15) is 39.0 Å². The molecule has 7 nitrogen and oxygen atoms in total. The number of carbonyl (C=O) groups is 2. The second kappa shape index (κ2) is 9.95. The lowest BCUT2D eigenvalue weighted by molar-refractivity contribution is -0.125. The zero-order valence-corrected chi connectivity index (χ0v) is 18.4. The van der Waals surface area contributed by atoms with Crippen molar-refractivity contribution in [1.82, 2.24) is 9.62 Å². The van der Waals surface area contributed by atoms with E-state index in [0.29, 0.717) is 38.9 Å². The lowest BCUT2D eigenvalue weighted by atomic mass is 10.1. The fraction of sp³-hybridized carbons (Fsp3) is 0.600. The zero-order valence-electron chi connectivity index (χ0n) is 16.8. The predicted molar refractivity (Wildman–Crippen MR) is 116 cm³/mol. The van der Waals surface area contributed by atoms with Crippen LogP contribution in [-0.2, 0) is 19.6 Å². The van der Waals surface area contributed by atoms with E-state index >= 15 is 0 Å². The number of thioether (sulfide) groups is 1. The van der Waals surface area contributed by atoms with E-state index in [1.807, 2.05) is 31.2 Å². The molecule has 1 fully saturated rings. The molecule has 0 spiro atoms. The Bertz CT molecular complexity index is 836. The lowest BCUT2D eigenvalue weighted by Gasteiger charge is -2.31. The number of rotatable bonds is 7. The molecular weight excluding hydrogens is 410 g/mol. The molecular formula is C20H29N3O4S2. The van der Waals surface area contributed by atoms with Crippen molar-refractivity contribution in [2.75, 3.05) is 36.0 Å². The molecule has 0 aliphatic carbocycles. The van der Waals surface area contributed by atoms with Crippen molar-refractivity contribution in [3.05, 3.63) is 24.3 Å². The second-order valence-corrected chi connectivity index (χ2v) is 10.6. The van der Waals surface area contributed by atoms with Gasteiger partial charge in [-0.05, 0) is 31.4 Å². The van der Waals surface area contributed by atoms with E-state index in [9.17, 15) is 18.0 Å². The SMILES string of the molecule is CCCS(=O)(=O)N1CCC(NC(=O)CCC(=O)N2CCSc3ccccc32)CC1. The summed E-state index contributed by atoms with van der Waals surface area (Å²) in [5.41, 5.74) is 0.926. The van der Waals surface area contributed by atoms with Gasteiger partial charge >= 0.3 is 0 Å². The van der Waals surface area contributed by atoms with Crippen LogP contribution in [0.5, 0.6) is 0 Å². The Morgan fingerprint density at radius 3 is 2.59 bits per heavy atom. The molecule has 9 heteroatoms. The minimum Gasteiger partial charge on any atom is -0.353 e. The second-order valence-electron chi connectivity index (χ2n) is 7.42. The minimum atomic E-state index is -3.17. The maximum Gasteiger partial charge on any atom is 0.227 e. The quantitative estimate of drug-likeness (QED) is 0.704. The Morgan fingerprint density at radius 1 is 1.14 bits per heavy atom. The highest BCUT2D eigenvalue weighted by atomic mass is 32.2. The van der Waals surface area contributed by atoms with E-state index in [-0.39, 0.29) is 36.5 Å². The number of amides is 2.